The Morgan fingerprint density at radius 3 is 1.19 bits per heavy atom. The van der Waals surface area contributed by atoms with Crippen molar-refractivity contribution in [3.05, 3.63) is 180 Å². The number of aliphatic hydroxyl groups excluding tert-OH is 2. The fourth-order valence-electron chi connectivity index (χ4n) is 5.82. The van der Waals surface area contributed by atoms with Gasteiger partial charge in [0.2, 0.25) is 0 Å². The predicted octanol–water partition coefficient (Wildman–Crippen LogP) is 2.15. The number of aliphatic hydroxyl groups is 2. The number of hydrogen-bond donors (Lipinski definition) is 9. The van der Waals surface area contributed by atoms with E-state index in [9.17, 15) is 33.6 Å². The molecule has 9 aromatic rings. The fourth-order valence-corrected chi connectivity index (χ4v) is 5.82. The highest BCUT2D eigenvalue weighted by atomic mass is 16.4. The summed E-state index contributed by atoms with van der Waals surface area (Å²) in [5, 5.41) is 43.3. The second-order valence-electron chi connectivity index (χ2n) is 14.3. The SMILES string of the molecule is NC(=O)c1nn(-c2ccc(C=O)cc2)cc1NC(=O)c1cocn1.NC(=O)c1nn(-c2ccc(CO)cc2)cc1N.NC(=O)c1nn(-c2ccc(CO)cc2)cc1NC(=O)c1cocn1.O=C(O)c1cocn1. The Labute approximate surface area is 408 Å². The number of nitrogens with two attached hydrogens (primary N) is 4. The van der Waals surface area contributed by atoms with Crippen molar-refractivity contribution in [3.63, 3.8) is 0 Å². The van der Waals surface area contributed by atoms with Gasteiger partial charge in [0.1, 0.15) is 25.1 Å². The Kier molecular flexibility index (Phi) is 16.9. The van der Waals surface area contributed by atoms with Crippen LogP contribution in [0.15, 0.2) is 143 Å². The summed E-state index contributed by atoms with van der Waals surface area (Å²) in [6.07, 6.45) is 11.9. The van der Waals surface area contributed by atoms with Crippen molar-refractivity contribution in [2.75, 3.05) is 16.4 Å². The lowest BCUT2D eigenvalue weighted by Gasteiger charge is -2.02. The van der Waals surface area contributed by atoms with E-state index >= 15 is 0 Å². The van der Waals surface area contributed by atoms with Crippen molar-refractivity contribution in [1.29, 1.82) is 0 Å². The van der Waals surface area contributed by atoms with Gasteiger partial charge in [-0.25, -0.2) is 33.8 Å². The van der Waals surface area contributed by atoms with Crippen molar-refractivity contribution in [2.45, 2.75) is 13.2 Å². The Morgan fingerprint density at radius 2 is 0.890 bits per heavy atom. The molecule has 372 valence electrons. The van der Waals surface area contributed by atoms with Gasteiger partial charge < -0.3 is 62.1 Å². The van der Waals surface area contributed by atoms with E-state index in [1.54, 1.807) is 72.8 Å². The summed E-state index contributed by atoms with van der Waals surface area (Å²) in [5.41, 5.74) is 25.8. The van der Waals surface area contributed by atoms with Crippen LogP contribution in [-0.4, -0.2) is 101 Å². The molecule has 0 unspecified atom stereocenters. The number of oxazole rings is 3. The molecular formula is C45H39N15O13. The highest BCUT2D eigenvalue weighted by molar-refractivity contribution is 6.08. The number of carbonyl (C=O) groups is 7. The number of nitrogens with zero attached hydrogens (tertiary/aromatic N) is 9. The molecule has 0 atom stereocenters. The second kappa shape index (κ2) is 23.9. The number of hydrogen-bond acceptors (Lipinski definition) is 19. The number of amides is 5. The molecule has 6 aromatic heterocycles. The summed E-state index contributed by atoms with van der Waals surface area (Å²) in [7, 11) is 0. The number of rotatable bonds is 14. The molecule has 9 rings (SSSR count). The molecule has 0 radical (unpaired) electrons. The maximum Gasteiger partial charge on any atom is 0.357 e. The van der Waals surface area contributed by atoms with Gasteiger partial charge in [0, 0.05) is 5.56 Å². The van der Waals surface area contributed by atoms with Crippen LogP contribution in [-0.2, 0) is 13.2 Å². The van der Waals surface area contributed by atoms with Crippen LogP contribution in [0.3, 0.4) is 0 Å². The molecule has 13 N–H and O–H groups in total. The maximum absolute atomic E-state index is 12.0. The van der Waals surface area contributed by atoms with Crippen molar-refractivity contribution >= 4 is 58.9 Å². The van der Waals surface area contributed by atoms with Gasteiger partial charge in [0.25, 0.3) is 29.5 Å². The van der Waals surface area contributed by atoms with Crippen LogP contribution in [0.1, 0.15) is 84.4 Å². The molecule has 73 heavy (non-hydrogen) atoms. The van der Waals surface area contributed by atoms with Gasteiger partial charge in [0.15, 0.2) is 53.3 Å². The molecule has 0 aliphatic carbocycles. The summed E-state index contributed by atoms with van der Waals surface area (Å²) in [4.78, 5) is 89.6. The number of nitrogen functional groups attached to an aromatic ring is 1. The Morgan fingerprint density at radius 1 is 0.534 bits per heavy atom. The topological polar surface area (TPSA) is 440 Å². The number of benzene rings is 3. The molecule has 28 heteroatoms. The quantitative estimate of drug-likeness (QED) is 0.0705. The second-order valence-corrected chi connectivity index (χ2v) is 14.3. The molecule has 5 amide bonds. The smallest absolute Gasteiger partial charge is 0.357 e. The van der Waals surface area contributed by atoms with Crippen molar-refractivity contribution in [1.82, 2.24) is 44.3 Å². The largest absolute Gasteiger partial charge is 0.476 e. The summed E-state index contributed by atoms with van der Waals surface area (Å²) in [5.74, 6) is -4.43. The number of carbonyl (C=O) groups excluding carboxylic acids is 6. The van der Waals surface area contributed by atoms with Crippen LogP contribution in [0.5, 0.6) is 0 Å². The molecule has 0 saturated carbocycles. The van der Waals surface area contributed by atoms with Gasteiger partial charge in [-0.2, -0.15) is 15.3 Å². The number of carboxylic acids is 1. The lowest BCUT2D eigenvalue weighted by molar-refractivity contribution is 0.0689. The van der Waals surface area contributed by atoms with Gasteiger partial charge in [-0.1, -0.05) is 24.3 Å². The Bertz CT molecular complexity index is 3330. The first kappa shape index (κ1) is 51.5. The summed E-state index contributed by atoms with van der Waals surface area (Å²) >= 11 is 0. The first-order valence-corrected chi connectivity index (χ1v) is 20.5. The molecule has 0 fully saturated rings. The molecular weight excluding hydrogens is 959 g/mol. The van der Waals surface area contributed by atoms with Crippen LogP contribution < -0.4 is 33.6 Å². The van der Waals surface area contributed by atoms with Crippen LogP contribution in [0, 0.1) is 0 Å². The first-order chi connectivity index (χ1) is 35.1. The highest BCUT2D eigenvalue weighted by Crippen LogP contribution is 2.21. The lowest BCUT2D eigenvalue weighted by atomic mass is 10.2. The molecule has 6 heterocycles. The third-order valence-electron chi connectivity index (χ3n) is 9.41. The highest BCUT2D eigenvalue weighted by Gasteiger charge is 2.21. The Hall–Kier alpha value is -10.9. The molecule has 0 spiro atoms. The van der Waals surface area contributed by atoms with Crippen LogP contribution in [0.25, 0.3) is 17.1 Å². The number of aromatic nitrogens is 9. The van der Waals surface area contributed by atoms with E-state index < -0.39 is 35.5 Å². The monoisotopic (exact) mass is 997 g/mol. The predicted molar refractivity (Wildman–Crippen MR) is 250 cm³/mol. The zero-order chi connectivity index (χ0) is 52.6. The fraction of sp³-hybridized carbons (Fsp3) is 0.0444. The van der Waals surface area contributed by atoms with Crippen LogP contribution >= 0.6 is 0 Å². The molecule has 0 bridgehead atoms. The summed E-state index contributed by atoms with van der Waals surface area (Å²) < 4.78 is 18.1. The van der Waals surface area contributed by atoms with E-state index in [0.29, 0.717) is 23.2 Å². The molecule has 0 aliphatic heterocycles. The van der Waals surface area contributed by atoms with E-state index in [-0.39, 0.29) is 64.4 Å². The first-order valence-electron chi connectivity index (χ1n) is 20.5. The van der Waals surface area contributed by atoms with Crippen molar-refractivity contribution < 1.29 is 62.1 Å². The number of primary amides is 3. The minimum atomic E-state index is -1.07. The lowest BCUT2D eigenvalue weighted by Crippen LogP contribution is -2.18. The van der Waals surface area contributed by atoms with E-state index in [1.165, 1.54) is 45.2 Å². The normalized spacial score (nSPS) is 10.3. The minimum Gasteiger partial charge on any atom is -0.476 e. The summed E-state index contributed by atoms with van der Waals surface area (Å²) in [6, 6.07) is 20.4. The van der Waals surface area contributed by atoms with Gasteiger partial charge >= 0.3 is 5.97 Å². The van der Waals surface area contributed by atoms with Crippen molar-refractivity contribution in [3.8, 4) is 17.1 Å². The zero-order valence-electron chi connectivity index (χ0n) is 37.4. The third kappa shape index (κ3) is 13.4. The van der Waals surface area contributed by atoms with Crippen LogP contribution in [0.4, 0.5) is 17.1 Å². The molecule has 0 aliphatic rings. The van der Waals surface area contributed by atoms with E-state index in [4.69, 9.17) is 47.1 Å². The average Bonchev–Trinajstić information content (AvgIpc) is 4.26. The van der Waals surface area contributed by atoms with E-state index in [2.05, 4.69) is 45.3 Å². The average molecular weight is 998 g/mol. The minimum absolute atomic E-state index is 0.0198. The van der Waals surface area contributed by atoms with Gasteiger partial charge in [-0.3, -0.25) is 28.8 Å². The van der Waals surface area contributed by atoms with E-state index in [1.807, 2.05) is 0 Å². The zero-order valence-corrected chi connectivity index (χ0v) is 37.4. The number of anilines is 3. The number of nitrogens with one attached hydrogen (secondary N) is 2. The molecule has 28 nitrogen and oxygen atoms in total. The number of aldehydes is 1. The molecule has 3 aromatic carbocycles. The van der Waals surface area contributed by atoms with Gasteiger partial charge in [-0.05, 0) is 59.7 Å². The standard InChI is InChI=1S/C15H13N5O4.C15H11N5O4.C11H12N4O2.C4H3NO3/c2*16-14(22)13-11(18-15(23)12-7-24-8-17-12)5-20(19-13)10-3-1-9(6-21)2-4-10;12-9-5-15(14-10(9)11(13)17)8-3-1-7(6-16)2-4-8;6-4(7)3-1-8-2-5-3/h1-5,7-8,21H,6H2,(H2,16,22)(H,18,23);1-8H,(H2,16,22)(H,18,23);1-5,16H,6,12H2,(H2,13,17);1-2H,(H,6,7). The third-order valence-corrected chi connectivity index (χ3v) is 9.41. The maximum atomic E-state index is 12.0. The van der Waals surface area contributed by atoms with Crippen molar-refractivity contribution in [2.24, 2.45) is 17.2 Å². The Balaban J connectivity index is 0.000000168. The summed E-state index contributed by atoms with van der Waals surface area (Å²) in [6.45, 7) is -0.0982. The van der Waals surface area contributed by atoms with Gasteiger partial charge in [-0.15, -0.1) is 0 Å². The molecule has 0 saturated heterocycles. The number of aromatic carboxylic acids is 1. The van der Waals surface area contributed by atoms with Gasteiger partial charge in [0.05, 0.1) is 65.9 Å². The van der Waals surface area contributed by atoms with E-state index in [0.717, 1.165) is 42.3 Å². The number of carboxylic acid groups (broad SMARTS) is 1. The van der Waals surface area contributed by atoms with Crippen LogP contribution in [0.2, 0.25) is 0 Å².